The lowest BCUT2D eigenvalue weighted by Gasteiger charge is -2.29. The molecule has 112 valence electrons. The molecule has 0 aliphatic carbocycles. The molecule has 0 radical (unpaired) electrons. The molecule has 0 unspecified atom stereocenters. The molecule has 8 heteroatoms. The molecule has 0 aromatic carbocycles. The van der Waals surface area contributed by atoms with Crippen LogP contribution in [0.4, 0.5) is 13.2 Å². The zero-order valence-corrected chi connectivity index (χ0v) is 11.9. The molecule has 0 bridgehead atoms. The first kappa shape index (κ1) is 15.8. The summed E-state index contributed by atoms with van der Waals surface area (Å²) in [4.78, 5) is 5.38. The zero-order valence-electron chi connectivity index (χ0n) is 10.4. The Morgan fingerprint density at radius 3 is 2.50 bits per heavy atom. The Kier molecular flexibility index (Phi) is 4.79. The second-order valence-electron chi connectivity index (χ2n) is 4.79. The van der Waals surface area contributed by atoms with E-state index in [9.17, 15) is 18.3 Å². The molecule has 1 aliphatic heterocycles. The molecule has 0 spiro atoms. The summed E-state index contributed by atoms with van der Waals surface area (Å²) in [5, 5.41) is 9.80. The van der Waals surface area contributed by atoms with Crippen LogP contribution < -0.4 is 0 Å². The fourth-order valence-corrected chi connectivity index (χ4v) is 2.97. The smallest absolute Gasteiger partial charge is 0.382 e. The Morgan fingerprint density at radius 2 is 1.95 bits per heavy atom. The second-order valence-corrected chi connectivity index (χ2v) is 5.56. The quantitative estimate of drug-likeness (QED) is 0.865. The van der Waals surface area contributed by atoms with Gasteiger partial charge in [0.25, 0.3) is 0 Å². The first-order valence-electron chi connectivity index (χ1n) is 6.08. The molecule has 1 saturated heterocycles. The highest BCUT2D eigenvalue weighted by molar-refractivity contribution is 6.32. The van der Waals surface area contributed by atoms with E-state index in [1.807, 2.05) is 0 Å². The predicted octanol–water partition coefficient (Wildman–Crippen LogP) is 3.28. The van der Waals surface area contributed by atoms with Gasteiger partial charge in [0.2, 0.25) is 0 Å². The van der Waals surface area contributed by atoms with Gasteiger partial charge in [0.1, 0.15) is 10.3 Å². The Bertz CT molecular complexity index is 464. The molecule has 1 N–H and O–H groups in total. The lowest BCUT2D eigenvalue weighted by atomic mass is 10.1. The number of pyridine rings is 1. The van der Waals surface area contributed by atoms with E-state index in [1.54, 1.807) is 17.0 Å². The average molecular weight is 329 g/mol. The van der Waals surface area contributed by atoms with Gasteiger partial charge in [0.05, 0.1) is 0 Å². The normalized spacial score (nSPS) is 22.2. The number of alkyl halides is 3. The summed E-state index contributed by atoms with van der Waals surface area (Å²) in [6.45, 7) is 0.745. The van der Waals surface area contributed by atoms with E-state index in [1.165, 1.54) is 0 Å². The second kappa shape index (κ2) is 6.05. The van der Waals surface area contributed by atoms with E-state index < -0.39 is 18.3 Å². The van der Waals surface area contributed by atoms with Crippen molar-refractivity contribution in [3.8, 4) is 0 Å². The van der Waals surface area contributed by atoms with Crippen LogP contribution in [0.5, 0.6) is 0 Å². The van der Waals surface area contributed by atoms with E-state index in [-0.39, 0.29) is 16.9 Å². The Morgan fingerprint density at radius 1 is 1.35 bits per heavy atom. The number of aliphatic hydroxyl groups is 1. The van der Waals surface area contributed by atoms with Gasteiger partial charge in [-0.3, -0.25) is 4.90 Å². The summed E-state index contributed by atoms with van der Waals surface area (Å²) in [6.07, 6.45) is -6.02. The van der Waals surface area contributed by atoms with Crippen molar-refractivity contribution in [2.24, 2.45) is 0 Å². The molecular formula is C12H13Cl2F3N2O. The first-order chi connectivity index (χ1) is 9.27. The molecule has 2 rings (SSSR count). The largest absolute Gasteiger partial charge is 0.415 e. The van der Waals surface area contributed by atoms with Crippen LogP contribution in [0.2, 0.25) is 10.3 Å². The van der Waals surface area contributed by atoms with E-state index >= 15 is 0 Å². The topological polar surface area (TPSA) is 36.4 Å². The summed E-state index contributed by atoms with van der Waals surface area (Å²) in [7, 11) is 0. The number of aromatic nitrogens is 1. The summed E-state index contributed by atoms with van der Waals surface area (Å²) in [6, 6.07) is 2.19. The third-order valence-corrected chi connectivity index (χ3v) is 3.71. The van der Waals surface area contributed by atoms with Gasteiger partial charge in [-0.15, -0.1) is 0 Å². The maximum Gasteiger partial charge on any atom is 0.415 e. The third-order valence-electron chi connectivity index (χ3n) is 3.32. The van der Waals surface area contributed by atoms with E-state index in [2.05, 4.69) is 4.98 Å². The van der Waals surface area contributed by atoms with Gasteiger partial charge < -0.3 is 5.11 Å². The number of hydrogen-bond acceptors (Lipinski definition) is 3. The highest BCUT2D eigenvalue weighted by Crippen LogP contribution is 2.31. The molecule has 2 atom stereocenters. The number of likely N-dealkylation sites (tertiary alicyclic amines) is 1. The van der Waals surface area contributed by atoms with Crippen molar-refractivity contribution in [2.75, 3.05) is 6.54 Å². The monoisotopic (exact) mass is 328 g/mol. The van der Waals surface area contributed by atoms with Gasteiger partial charge in [-0.05, 0) is 37.1 Å². The average Bonchev–Trinajstić information content (AvgIpc) is 2.73. The minimum atomic E-state index is -4.61. The van der Waals surface area contributed by atoms with Crippen LogP contribution in [0.15, 0.2) is 12.1 Å². The highest BCUT2D eigenvalue weighted by Gasteiger charge is 2.46. The van der Waals surface area contributed by atoms with Crippen molar-refractivity contribution in [1.29, 1.82) is 0 Å². The fourth-order valence-electron chi connectivity index (χ4n) is 2.46. The minimum Gasteiger partial charge on any atom is -0.382 e. The predicted molar refractivity (Wildman–Crippen MR) is 69.8 cm³/mol. The SMILES string of the molecule is O[C@H]([C@H]1CCCN1Cc1cc(Cl)nc(Cl)c1)C(F)(F)F. The van der Waals surface area contributed by atoms with Crippen molar-refractivity contribution >= 4 is 23.2 Å². The van der Waals surface area contributed by atoms with Crippen LogP contribution in [0, 0.1) is 0 Å². The van der Waals surface area contributed by atoms with Crippen molar-refractivity contribution < 1.29 is 18.3 Å². The van der Waals surface area contributed by atoms with Crippen LogP contribution in [0.25, 0.3) is 0 Å². The zero-order chi connectivity index (χ0) is 14.9. The van der Waals surface area contributed by atoms with Gasteiger partial charge in [0.15, 0.2) is 6.10 Å². The molecule has 0 amide bonds. The molecule has 0 saturated carbocycles. The van der Waals surface area contributed by atoms with Crippen molar-refractivity contribution in [3.05, 3.63) is 28.0 Å². The summed E-state index contributed by atoms with van der Waals surface area (Å²) < 4.78 is 37.8. The lowest BCUT2D eigenvalue weighted by molar-refractivity contribution is -0.219. The Labute approximate surface area is 124 Å². The van der Waals surface area contributed by atoms with Crippen LogP contribution in [-0.2, 0) is 6.54 Å². The van der Waals surface area contributed by atoms with Gasteiger partial charge in [-0.1, -0.05) is 23.2 Å². The molecule has 1 fully saturated rings. The summed E-state index contributed by atoms with van der Waals surface area (Å²) in [5.74, 6) is 0. The standard InChI is InChI=1S/C12H13Cl2F3N2O/c13-9-4-7(5-10(14)18-9)6-19-3-1-2-8(19)11(20)12(15,16)17/h4-5,8,11,20H,1-3,6H2/t8-,11-/m1/s1. The van der Waals surface area contributed by atoms with Crippen LogP contribution in [0.3, 0.4) is 0 Å². The highest BCUT2D eigenvalue weighted by atomic mass is 35.5. The number of rotatable bonds is 3. The lowest BCUT2D eigenvalue weighted by Crippen LogP contribution is -2.46. The van der Waals surface area contributed by atoms with Gasteiger partial charge >= 0.3 is 6.18 Å². The van der Waals surface area contributed by atoms with Crippen molar-refractivity contribution in [1.82, 2.24) is 9.88 Å². The Hall–Kier alpha value is -0.560. The number of hydrogen-bond donors (Lipinski definition) is 1. The number of halogens is 5. The number of aliphatic hydroxyl groups excluding tert-OH is 1. The van der Waals surface area contributed by atoms with Crippen molar-refractivity contribution in [3.63, 3.8) is 0 Å². The third kappa shape index (κ3) is 3.75. The molecule has 1 aliphatic rings. The number of nitrogens with zero attached hydrogens (tertiary/aromatic N) is 2. The van der Waals surface area contributed by atoms with Gasteiger partial charge in [-0.25, -0.2) is 4.98 Å². The molecule has 1 aromatic rings. The fraction of sp³-hybridized carbons (Fsp3) is 0.583. The van der Waals surface area contributed by atoms with Gasteiger partial charge in [0, 0.05) is 12.6 Å². The van der Waals surface area contributed by atoms with Gasteiger partial charge in [-0.2, -0.15) is 13.2 Å². The van der Waals surface area contributed by atoms with E-state index in [0.29, 0.717) is 24.9 Å². The van der Waals surface area contributed by atoms with Crippen LogP contribution in [-0.4, -0.2) is 39.9 Å². The van der Waals surface area contributed by atoms with Crippen LogP contribution in [0.1, 0.15) is 18.4 Å². The van der Waals surface area contributed by atoms with Crippen LogP contribution >= 0.6 is 23.2 Å². The van der Waals surface area contributed by atoms with E-state index in [0.717, 1.165) is 0 Å². The maximum atomic E-state index is 12.6. The molecule has 2 heterocycles. The summed E-state index contributed by atoms with van der Waals surface area (Å²) >= 11 is 11.5. The maximum absolute atomic E-state index is 12.6. The molecule has 1 aromatic heterocycles. The van der Waals surface area contributed by atoms with Crippen molar-refractivity contribution in [2.45, 2.75) is 37.7 Å². The van der Waals surface area contributed by atoms with E-state index in [4.69, 9.17) is 23.2 Å². The summed E-state index contributed by atoms with van der Waals surface area (Å²) in [5.41, 5.74) is 0.677. The molecule has 3 nitrogen and oxygen atoms in total. The molecular weight excluding hydrogens is 316 g/mol. The first-order valence-corrected chi connectivity index (χ1v) is 6.84. The molecule has 20 heavy (non-hydrogen) atoms. The minimum absolute atomic E-state index is 0.194. The Balaban J connectivity index is 2.11.